The molecule has 0 spiro atoms. The molecule has 0 radical (unpaired) electrons. The van der Waals surface area contributed by atoms with Crippen molar-refractivity contribution < 1.29 is 15.3 Å². The number of ether oxygens (including phenoxy) is 1. The number of amides is 1. The first kappa shape index (κ1) is 8.07. The molecule has 2 rings (SSSR count). The minimum absolute atomic E-state index is 0.267. The molecule has 1 aliphatic rings. The molecule has 68 valence electrons. The molecule has 1 amide bonds. The lowest BCUT2D eigenvalue weighted by atomic mass is 10.2. The summed E-state index contributed by atoms with van der Waals surface area (Å²) in [5.74, 6) is 0. The van der Waals surface area contributed by atoms with Gasteiger partial charge in [-0.05, 0) is 12.1 Å². The standard InChI is InChI=1S/C9H10N2O2/c10-7-1-3-8(4-2-7)11-5-6-13-9(11)12/h1-4H,5-6,10H2/p+1. The third-order valence-electron chi connectivity index (χ3n) is 2.01. The van der Waals surface area contributed by atoms with Gasteiger partial charge in [-0.1, -0.05) is 0 Å². The van der Waals surface area contributed by atoms with E-state index >= 15 is 0 Å². The molecule has 0 aromatic heterocycles. The van der Waals surface area contributed by atoms with Gasteiger partial charge in [0.15, 0.2) is 0 Å². The Morgan fingerprint density at radius 3 is 2.54 bits per heavy atom. The summed E-state index contributed by atoms with van der Waals surface area (Å²) < 4.78 is 4.82. The predicted molar refractivity (Wildman–Crippen MR) is 47.7 cm³/mol. The number of cyclic esters (lactones) is 1. The molecular weight excluding hydrogens is 168 g/mol. The second kappa shape index (κ2) is 3.06. The Balaban J connectivity index is 2.25. The second-order valence-electron chi connectivity index (χ2n) is 2.93. The molecule has 1 aromatic rings. The fraction of sp³-hybridized carbons (Fsp3) is 0.222. The SMILES string of the molecule is [NH3+]c1ccc(N2CCOC2=O)cc1. The van der Waals surface area contributed by atoms with Crippen LogP contribution in [-0.2, 0) is 4.74 Å². The van der Waals surface area contributed by atoms with Gasteiger partial charge in [0, 0.05) is 17.8 Å². The number of benzene rings is 1. The summed E-state index contributed by atoms with van der Waals surface area (Å²) in [7, 11) is 0. The predicted octanol–water partition coefficient (Wildman–Crippen LogP) is 0.517. The molecule has 0 unspecified atom stereocenters. The summed E-state index contributed by atoms with van der Waals surface area (Å²) in [6, 6.07) is 7.49. The molecule has 1 heterocycles. The number of hydrogen-bond acceptors (Lipinski definition) is 2. The van der Waals surface area contributed by atoms with Crippen LogP contribution in [0.15, 0.2) is 24.3 Å². The molecule has 13 heavy (non-hydrogen) atoms. The van der Waals surface area contributed by atoms with Crippen LogP contribution in [0.1, 0.15) is 0 Å². The van der Waals surface area contributed by atoms with Crippen LogP contribution in [0.5, 0.6) is 0 Å². The Labute approximate surface area is 75.9 Å². The van der Waals surface area contributed by atoms with Gasteiger partial charge in [-0.2, -0.15) is 0 Å². The highest BCUT2D eigenvalue weighted by Gasteiger charge is 2.23. The van der Waals surface area contributed by atoms with E-state index in [1.54, 1.807) is 4.90 Å². The first-order valence-corrected chi connectivity index (χ1v) is 4.14. The maximum atomic E-state index is 11.1. The van der Waals surface area contributed by atoms with Crippen molar-refractivity contribution in [3.05, 3.63) is 24.3 Å². The number of nitrogens with zero attached hydrogens (tertiary/aromatic N) is 1. The molecule has 0 atom stereocenters. The zero-order valence-electron chi connectivity index (χ0n) is 7.19. The summed E-state index contributed by atoms with van der Waals surface area (Å²) in [4.78, 5) is 12.8. The van der Waals surface area contributed by atoms with Gasteiger partial charge in [-0.15, -0.1) is 0 Å². The average molecular weight is 179 g/mol. The number of hydrogen-bond donors (Lipinski definition) is 1. The van der Waals surface area contributed by atoms with Gasteiger partial charge >= 0.3 is 6.09 Å². The quantitative estimate of drug-likeness (QED) is 0.683. The van der Waals surface area contributed by atoms with E-state index in [9.17, 15) is 4.79 Å². The minimum atomic E-state index is -0.267. The fourth-order valence-electron chi connectivity index (χ4n) is 1.30. The zero-order valence-corrected chi connectivity index (χ0v) is 7.19. The molecular formula is C9H11N2O2+. The Bertz CT molecular complexity index is 321. The van der Waals surface area contributed by atoms with E-state index in [1.165, 1.54) is 0 Å². The van der Waals surface area contributed by atoms with E-state index < -0.39 is 0 Å². The van der Waals surface area contributed by atoms with Gasteiger partial charge in [0.1, 0.15) is 12.3 Å². The maximum Gasteiger partial charge on any atom is 0.414 e. The average Bonchev–Trinajstić information content (AvgIpc) is 2.53. The third kappa shape index (κ3) is 1.48. The number of rotatable bonds is 1. The van der Waals surface area contributed by atoms with Crippen molar-refractivity contribution in [2.75, 3.05) is 18.1 Å². The summed E-state index contributed by atoms with van der Waals surface area (Å²) in [5, 5.41) is 0. The number of carbonyl (C=O) groups excluding carboxylic acids is 1. The van der Waals surface area contributed by atoms with E-state index in [0.29, 0.717) is 13.2 Å². The molecule has 4 nitrogen and oxygen atoms in total. The summed E-state index contributed by atoms with van der Waals surface area (Å²) >= 11 is 0. The van der Waals surface area contributed by atoms with Gasteiger partial charge in [-0.25, -0.2) is 4.79 Å². The van der Waals surface area contributed by atoms with Crippen molar-refractivity contribution in [2.24, 2.45) is 0 Å². The van der Waals surface area contributed by atoms with E-state index in [1.807, 2.05) is 24.3 Å². The van der Waals surface area contributed by atoms with Crippen LogP contribution in [0.4, 0.5) is 16.2 Å². The Kier molecular flexibility index (Phi) is 1.90. The van der Waals surface area contributed by atoms with Crippen LogP contribution in [0.3, 0.4) is 0 Å². The van der Waals surface area contributed by atoms with Crippen LogP contribution < -0.4 is 10.6 Å². The molecule has 1 fully saturated rings. The molecule has 3 N–H and O–H groups in total. The first-order valence-electron chi connectivity index (χ1n) is 4.14. The molecule has 4 heteroatoms. The van der Waals surface area contributed by atoms with Crippen molar-refractivity contribution in [3.63, 3.8) is 0 Å². The maximum absolute atomic E-state index is 11.1. The summed E-state index contributed by atoms with van der Waals surface area (Å²) in [5.41, 5.74) is 5.58. The molecule has 1 saturated heterocycles. The minimum Gasteiger partial charge on any atom is -0.447 e. The van der Waals surface area contributed by atoms with Gasteiger partial charge < -0.3 is 10.5 Å². The van der Waals surface area contributed by atoms with Gasteiger partial charge in [0.2, 0.25) is 0 Å². The third-order valence-corrected chi connectivity index (χ3v) is 2.01. The van der Waals surface area contributed by atoms with E-state index in [2.05, 4.69) is 5.73 Å². The van der Waals surface area contributed by atoms with Crippen LogP contribution >= 0.6 is 0 Å². The van der Waals surface area contributed by atoms with Crippen molar-refractivity contribution in [2.45, 2.75) is 0 Å². The van der Waals surface area contributed by atoms with Crippen molar-refractivity contribution in [1.82, 2.24) is 0 Å². The van der Waals surface area contributed by atoms with Crippen molar-refractivity contribution in [1.29, 1.82) is 0 Å². The van der Waals surface area contributed by atoms with Crippen LogP contribution in [0.25, 0.3) is 0 Å². The number of anilines is 1. The fourth-order valence-corrected chi connectivity index (χ4v) is 1.30. The highest BCUT2D eigenvalue weighted by Crippen LogP contribution is 2.18. The number of carbonyl (C=O) groups is 1. The van der Waals surface area contributed by atoms with Crippen molar-refractivity contribution in [3.8, 4) is 0 Å². The normalized spacial score (nSPS) is 16.1. The largest absolute Gasteiger partial charge is 0.447 e. The van der Waals surface area contributed by atoms with E-state index in [0.717, 1.165) is 11.4 Å². The Morgan fingerprint density at radius 1 is 1.31 bits per heavy atom. The molecule has 1 aromatic carbocycles. The van der Waals surface area contributed by atoms with Gasteiger partial charge in [-0.3, -0.25) is 4.90 Å². The van der Waals surface area contributed by atoms with Gasteiger partial charge in [0.05, 0.1) is 6.54 Å². The lowest BCUT2D eigenvalue weighted by molar-refractivity contribution is -0.254. The monoisotopic (exact) mass is 179 g/mol. The second-order valence-corrected chi connectivity index (χ2v) is 2.93. The van der Waals surface area contributed by atoms with Crippen LogP contribution in [0, 0.1) is 0 Å². The highest BCUT2D eigenvalue weighted by molar-refractivity contribution is 5.89. The van der Waals surface area contributed by atoms with Crippen LogP contribution in [0.2, 0.25) is 0 Å². The summed E-state index contributed by atoms with van der Waals surface area (Å²) in [6.45, 7) is 1.11. The number of quaternary nitrogens is 1. The smallest absolute Gasteiger partial charge is 0.414 e. The van der Waals surface area contributed by atoms with Gasteiger partial charge in [0.25, 0.3) is 0 Å². The molecule has 0 bridgehead atoms. The van der Waals surface area contributed by atoms with E-state index in [-0.39, 0.29) is 6.09 Å². The van der Waals surface area contributed by atoms with E-state index in [4.69, 9.17) is 4.74 Å². The topological polar surface area (TPSA) is 57.2 Å². The van der Waals surface area contributed by atoms with Crippen molar-refractivity contribution >= 4 is 17.5 Å². The molecule has 1 aliphatic heterocycles. The zero-order chi connectivity index (χ0) is 9.26. The van der Waals surface area contributed by atoms with Crippen LogP contribution in [-0.4, -0.2) is 19.2 Å². The lowest BCUT2D eigenvalue weighted by Gasteiger charge is -2.11. The summed E-state index contributed by atoms with van der Waals surface area (Å²) in [6.07, 6.45) is -0.267. The lowest BCUT2D eigenvalue weighted by Crippen LogP contribution is -2.40. The highest BCUT2D eigenvalue weighted by atomic mass is 16.6. The first-order chi connectivity index (χ1) is 6.27. The Hall–Kier alpha value is -1.55. The molecule has 0 aliphatic carbocycles. The molecule has 0 saturated carbocycles. The Morgan fingerprint density at radius 2 is 2.00 bits per heavy atom.